The van der Waals surface area contributed by atoms with Crippen LogP contribution in [0.2, 0.25) is 0 Å². The quantitative estimate of drug-likeness (QED) is 0.760. The molecule has 0 N–H and O–H groups in total. The summed E-state index contributed by atoms with van der Waals surface area (Å²) >= 11 is 3.27. The monoisotopic (exact) mass is 403 g/mol. The van der Waals surface area contributed by atoms with Crippen LogP contribution >= 0.6 is 15.9 Å². The molecule has 2 aromatic rings. The van der Waals surface area contributed by atoms with Crippen molar-refractivity contribution in [1.29, 1.82) is 0 Å². The number of ether oxygens (including phenoxy) is 1. The Morgan fingerprint density at radius 2 is 1.96 bits per heavy atom. The molecule has 5 nitrogen and oxygen atoms in total. The lowest BCUT2D eigenvalue weighted by atomic mass is 10.2. The lowest BCUT2D eigenvalue weighted by molar-refractivity contribution is -0.154. The highest BCUT2D eigenvalue weighted by Gasteiger charge is 2.28. The molecular weight excluding hydrogens is 391 g/mol. The fourth-order valence-corrected chi connectivity index (χ4v) is 2.08. The summed E-state index contributed by atoms with van der Waals surface area (Å²) in [6.45, 7) is 0.729. The van der Waals surface area contributed by atoms with Crippen LogP contribution in [0.5, 0.6) is 5.88 Å². The fourth-order valence-electron chi connectivity index (χ4n) is 1.84. The summed E-state index contributed by atoms with van der Waals surface area (Å²) in [6, 6.07) is 6.02. The third-order valence-corrected chi connectivity index (χ3v) is 3.39. The van der Waals surface area contributed by atoms with E-state index in [1.54, 1.807) is 25.3 Å². The number of amides is 1. The Morgan fingerprint density at radius 3 is 2.46 bits per heavy atom. The lowest BCUT2D eigenvalue weighted by Gasteiger charge is -2.19. The molecule has 0 aromatic carbocycles. The van der Waals surface area contributed by atoms with Crippen LogP contribution in [0, 0.1) is 0 Å². The van der Waals surface area contributed by atoms with Crippen LogP contribution < -0.4 is 9.64 Å². The van der Waals surface area contributed by atoms with Crippen LogP contribution in [0.25, 0.3) is 0 Å². The van der Waals surface area contributed by atoms with Crippen molar-refractivity contribution >= 4 is 27.7 Å². The van der Waals surface area contributed by atoms with E-state index < -0.39 is 12.8 Å². The zero-order valence-corrected chi connectivity index (χ0v) is 14.1. The average molecular weight is 404 g/mol. The Morgan fingerprint density at radius 1 is 1.21 bits per heavy atom. The first-order valence-corrected chi connectivity index (χ1v) is 7.68. The molecule has 0 unspecified atom stereocenters. The summed E-state index contributed by atoms with van der Waals surface area (Å²) in [5.41, 5.74) is 0.223. The number of alkyl halides is 3. The molecule has 128 valence electrons. The van der Waals surface area contributed by atoms with Crippen LogP contribution in [0.4, 0.5) is 19.0 Å². The van der Waals surface area contributed by atoms with E-state index >= 15 is 0 Å². The van der Waals surface area contributed by atoms with Gasteiger partial charge in [-0.05, 0) is 41.1 Å². The molecule has 1 amide bonds. The summed E-state index contributed by atoms with van der Waals surface area (Å²) < 4.78 is 41.6. The number of carbonyl (C=O) groups excluding carboxylic acids is 1. The molecule has 0 atom stereocenters. The molecule has 0 spiro atoms. The molecule has 0 aliphatic rings. The van der Waals surface area contributed by atoms with Gasteiger partial charge in [0.25, 0.3) is 5.91 Å². The first kappa shape index (κ1) is 18.2. The van der Waals surface area contributed by atoms with Crippen LogP contribution in [0.3, 0.4) is 0 Å². The molecule has 2 heterocycles. The maximum atomic E-state index is 12.5. The Hall–Kier alpha value is -2.16. The molecular formula is C15H13BrF3N3O2. The summed E-state index contributed by atoms with van der Waals surface area (Å²) in [5.74, 6) is -0.0982. The van der Waals surface area contributed by atoms with Crippen molar-refractivity contribution in [3.63, 3.8) is 0 Å². The minimum absolute atomic E-state index is 0.200. The second kappa shape index (κ2) is 7.61. The number of halogens is 4. The minimum Gasteiger partial charge on any atom is -0.468 e. The molecule has 0 saturated heterocycles. The minimum atomic E-state index is -4.44. The van der Waals surface area contributed by atoms with Gasteiger partial charge in [0.15, 0.2) is 6.61 Å². The van der Waals surface area contributed by atoms with Gasteiger partial charge in [-0.25, -0.2) is 9.97 Å². The standard InChI is InChI=1S/C15H13BrF3N3O2/c1-2-22(12-5-4-11(16)8-20-12)14(23)10-3-6-13(21-7-10)24-9-15(17,18)19/h3-8H,2,9H2,1H3. The zero-order chi connectivity index (χ0) is 17.7. The molecule has 0 bridgehead atoms. The van der Waals surface area contributed by atoms with Crippen molar-refractivity contribution in [3.8, 4) is 5.88 Å². The normalized spacial score (nSPS) is 11.2. The van der Waals surface area contributed by atoms with Gasteiger partial charge < -0.3 is 4.74 Å². The Labute approximate surface area is 144 Å². The first-order valence-electron chi connectivity index (χ1n) is 6.89. The van der Waals surface area contributed by atoms with E-state index in [9.17, 15) is 18.0 Å². The number of nitrogens with zero attached hydrogens (tertiary/aromatic N) is 3. The van der Waals surface area contributed by atoms with Crippen LogP contribution in [-0.4, -0.2) is 35.2 Å². The number of anilines is 1. The SMILES string of the molecule is CCN(C(=O)c1ccc(OCC(F)(F)F)nc1)c1ccc(Br)cn1. The maximum absolute atomic E-state index is 12.5. The third-order valence-electron chi connectivity index (χ3n) is 2.92. The highest BCUT2D eigenvalue weighted by atomic mass is 79.9. The molecule has 2 rings (SSSR count). The maximum Gasteiger partial charge on any atom is 0.422 e. The van der Waals surface area contributed by atoms with Gasteiger partial charge in [0.2, 0.25) is 5.88 Å². The van der Waals surface area contributed by atoms with E-state index in [2.05, 4.69) is 30.6 Å². The van der Waals surface area contributed by atoms with E-state index in [-0.39, 0.29) is 17.4 Å². The molecule has 2 aromatic heterocycles. The number of pyridine rings is 2. The number of aromatic nitrogens is 2. The van der Waals surface area contributed by atoms with Crippen LogP contribution in [0.15, 0.2) is 41.1 Å². The molecule has 0 fully saturated rings. The second-order valence-corrected chi connectivity index (χ2v) is 5.59. The average Bonchev–Trinajstić information content (AvgIpc) is 2.55. The first-order chi connectivity index (χ1) is 11.3. The Bertz CT molecular complexity index is 691. The number of hydrogen-bond acceptors (Lipinski definition) is 4. The van der Waals surface area contributed by atoms with Gasteiger partial charge in [0.1, 0.15) is 5.82 Å². The van der Waals surface area contributed by atoms with Gasteiger partial charge in [-0.2, -0.15) is 13.2 Å². The number of hydrogen-bond donors (Lipinski definition) is 0. The fraction of sp³-hybridized carbons (Fsp3) is 0.267. The molecule has 0 saturated carbocycles. The largest absolute Gasteiger partial charge is 0.468 e. The Balaban J connectivity index is 2.11. The molecule has 0 aliphatic heterocycles. The van der Waals surface area contributed by atoms with Crippen LogP contribution in [-0.2, 0) is 0 Å². The summed E-state index contributed by atoms with van der Waals surface area (Å²) in [4.78, 5) is 21.8. The zero-order valence-electron chi connectivity index (χ0n) is 12.5. The molecule has 0 radical (unpaired) electrons. The van der Waals surface area contributed by atoms with Gasteiger partial charge in [0, 0.05) is 29.5 Å². The number of carbonyl (C=O) groups is 1. The molecule has 9 heteroatoms. The van der Waals surface area contributed by atoms with Gasteiger partial charge in [-0.3, -0.25) is 9.69 Å². The smallest absolute Gasteiger partial charge is 0.422 e. The Kier molecular flexibility index (Phi) is 5.76. The van der Waals surface area contributed by atoms with Gasteiger partial charge in [-0.15, -0.1) is 0 Å². The van der Waals surface area contributed by atoms with Crippen molar-refractivity contribution < 1.29 is 22.7 Å². The highest BCUT2D eigenvalue weighted by molar-refractivity contribution is 9.10. The lowest BCUT2D eigenvalue weighted by Crippen LogP contribution is -2.31. The van der Waals surface area contributed by atoms with Crippen molar-refractivity contribution in [2.24, 2.45) is 0 Å². The number of rotatable bonds is 5. The predicted octanol–water partition coefficient (Wildman–Crippen LogP) is 3.85. The molecule has 0 aliphatic carbocycles. The van der Waals surface area contributed by atoms with Gasteiger partial charge in [-0.1, -0.05) is 0 Å². The van der Waals surface area contributed by atoms with E-state index in [0.29, 0.717) is 12.4 Å². The molecule has 24 heavy (non-hydrogen) atoms. The summed E-state index contributed by atoms with van der Waals surface area (Å²) in [7, 11) is 0. The van der Waals surface area contributed by atoms with E-state index in [0.717, 1.165) is 4.47 Å². The topological polar surface area (TPSA) is 55.3 Å². The van der Waals surface area contributed by atoms with Crippen LogP contribution in [0.1, 0.15) is 17.3 Å². The van der Waals surface area contributed by atoms with Gasteiger partial charge in [0.05, 0.1) is 5.56 Å². The summed E-state index contributed by atoms with van der Waals surface area (Å²) in [5, 5.41) is 0. The van der Waals surface area contributed by atoms with E-state index in [1.165, 1.54) is 23.2 Å². The van der Waals surface area contributed by atoms with E-state index in [4.69, 9.17) is 0 Å². The van der Waals surface area contributed by atoms with Gasteiger partial charge >= 0.3 is 6.18 Å². The van der Waals surface area contributed by atoms with Crippen molar-refractivity contribution in [1.82, 2.24) is 9.97 Å². The predicted molar refractivity (Wildman–Crippen MR) is 85.1 cm³/mol. The second-order valence-electron chi connectivity index (χ2n) is 4.67. The highest BCUT2D eigenvalue weighted by Crippen LogP contribution is 2.19. The summed E-state index contributed by atoms with van der Waals surface area (Å²) in [6.07, 6.45) is -1.70. The van der Waals surface area contributed by atoms with Crippen molar-refractivity contribution in [2.45, 2.75) is 13.1 Å². The van der Waals surface area contributed by atoms with E-state index in [1.807, 2.05) is 0 Å². The van der Waals surface area contributed by atoms with Crippen molar-refractivity contribution in [2.75, 3.05) is 18.1 Å². The van der Waals surface area contributed by atoms with Crippen molar-refractivity contribution in [3.05, 3.63) is 46.7 Å². The third kappa shape index (κ3) is 4.92.